The molecule has 0 heterocycles. The fourth-order valence-corrected chi connectivity index (χ4v) is 2.10. The van der Waals surface area contributed by atoms with Crippen molar-refractivity contribution in [3.63, 3.8) is 0 Å². The van der Waals surface area contributed by atoms with E-state index in [-0.39, 0.29) is 60.7 Å². The summed E-state index contributed by atoms with van der Waals surface area (Å²) in [6, 6.07) is -0.663. The summed E-state index contributed by atoms with van der Waals surface area (Å²) in [6.07, 6.45) is 0. The Balaban J connectivity index is -0.00000220. The maximum Gasteiger partial charge on any atom is 0.323 e. The number of nitrogens with one attached hydrogen (secondary N) is 2. The zero-order valence-corrected chi connectivity index (χ0v) is 17.2. The van der Waals surface area contributed by atoms with E-state index >= 15 is 0 Å². The summed E-state index contributed by atoms with van der Waals surface area (Å²) < 4.78 is 10.1. The first kappa shape index (κ1) is 28.3. The largest absolute Gasteiger partial charge is 0.465 e. The van der Waals surface area contributed by atoms with Crippen LogP contribution in [0.1, 0.15) is 41.5 Å². The van der Waals surface area contributed by atoms with Crippen LogP contribution in [0.5, 0.6) is 0 Å². The molecular weight excluding hydrogens is 355 g/mol. The Bertz CT molecular complexity index is 310. The van der Waals surface area contributed by atoms with Crippen molar-refractivity contribution in [2.75, 3.05) is 26.3 Å². The minimum atomic E-state index is -0.332. The van der Waals surface area contributed by atoms with Gasteiger partial charge < -0.3 is 20.1 Å². The molecule has 0 aliphatic rings. The zero-order chi connectivity index (χ0) is 17.1. The predicted octanol–water partition coefficient (Wildman–Crippen LogP) is 2.18. The number of hydrogen-bond acceptors (Lipinski definition) is 6. The lowest BCUT2D eigenvalue weighted by molar-refractivity contribution is -0.148. The van der Waals surface area contributed by atoms with Gasteiger partial charge in [-0.25, -0.2) is 0 Å². The van der Waals surface area contributed by atoms with E-state index in [0.717, 1.165) is 0 Å². The van der Waals surface area contributed by atoms with Crippen LogP contribution in [0.3, 0.4) is 0 Å². The van der Waals surface area contributed by atoms with Gasteiger partial charge in [0.25, 0.3) is 0 Å². The average molecular weight is 389 g/mol. The Labute approximate surface area is 158 Å². The SMILES string of the molecule is CCOC(=O)C(NCCNC(C(=O)OCC)C(C)C)C(C)C.Cl.Cl. The van der Waals surface area contributed by atoms with Gasteiger partial charge in [-0.15, -0.1) is 24.8 Å². The van der Waals surface area contributed by atoms with Crippen molar-refractivity contribution in [3.05, 3.63) is 0 Å². The van der Waals surface area contributed by atoms with E-state index in [0.29, 0.717) is 26.3 Å². The fourth-order valence-electron chi connectivity index (χ4n) is 2.10. The van der Waals surface area contributed by atoms with E-state index < -0.39 is 0 Å². The molecule has 24 heavy (non-hydrogen) atoms. The summed E-state index contributed by atoms with van der Waals surface area (Å²) in [4.78, 5) is 23.7. The number of hydrogen-bond donors (Lipinski definition) is 2. The molecule has 0 rings (SSSR count). The van der Waals surface area contributed by atoms with Crippen molar-refractivity contribution in [2.45, 2.75) is 53.6 Å². The van der Waals surface area contributed by atoms with E-state index in [1.807, 2.05) is 27.7 Å². The highest BCUT2D eigenvalue weighted by atomic mass is 35.5. The third-order valence-electron chi connectivity index (χ3n) is 3.27. The summed E-state index contributed by atoms with van der Waals surface area (Å²) in [5.41, 5.74) is 0. The van der Waals surface area contributed by atoms with Crippen LogP contribution in [-0.4, -0.2) is 50.3 Å². The maximum absolute atomic E-state index is 11.8. The second kappa shape index (κ2) is 15.9. The van der Waals surface area contributed by atoms with Crippen molar-refractivity contribution in [1.82, 2.24) is 10.6 Å². The third-order valence-corrected chi connectivity index (χ3v) is 3.27. The van der Waals surface area contributed by atoms with Gasteiger partial charge in [0.1, 0.15) is 12.1 Å². The topological polar surface area (TPSA) is 76.7 Å². The molecule has 2 N–H and O–H groups in total. The molecule has 6 nitrogen and oxygen atoms in total. The van der Waals surface area contributed by atoms with Crippen molar-refractivity contribution < 1.29 is 19.1 Å². The highest BCUT2D eigenvalue weighted by Gasteiger charge is 2.24. The molecule has 0 aromatic rings. The van der Waals surface area contributed by atoms with Gasteiger partial charge in [0, 0.05) is 13.1 Å². The van der Waals surface area contributed by atoms with Gasteiger partial charge in [-0.3, -0.25) is 9.59 Å². The lowest BCUT2D eigenvalue weighted by Crippen LogP contribution is -2.48. The van der Waals surface area contributed by atoms with Gasteiger partial charge in [0.15, 0.2) is 0 Å². The van der Waals surface area contributed by atoms with Gasteiger partial charge in [0.2, 0.25) is 0 Å². The van der Waals surface area contributed by atoms with E-state index in [4.69, 9.17) is 9.47 Å². The third kappa shape index (κ3) is 11.1. The quantitative estimate of drug-likeness (QED) is 0.417. The molecule has 0 aromatic carbocycles. The number of ether oxygens (including phenoxy) is 2. The molecule has 2 atom stereocenters. The number of esters is 2. The van der Waals surface area contributed by atoms with Crippen molar-refractivity contribution in [2.24, 2.45) is 11.8 Å². The maximum atomic E-state index is 11.8. The summed E-state index contributed by atoms with van der Waals surface area (Å²) >= 11 is 0. The Hall–Kier alpha value is -0.560. The first-order valence-corrected chi connectivity index (χ1v) is 8.15. The zero-order valence-electron chi connectivity index (χ0n) is 15.6. The molecule has 0 aliphatic heterocycles. The normalized spacial score (nSPS) is 12.8. The molecule has 0 bridgehead atoms. The lowest BCUT2D eigenvalue weighted by Gasteiger charge is -2.23. The molecule has 0 fully saturated rings. The molecule has 0 radical (unpaired) electrons. The summed E-state index contributed by atoms with van der Waals surface area (Å²) in [5, 5.41) is 6.36. The summed E-state index contributed by atoms with van der Waals surface area (Å²) in [5.74, 6) is -0.179. The van der Waals surface area contributed by atoms with Crippen molar-refractivity contribution in [3.8, 4) is 0 Å². The Morgan fingerprint density at radius 3 is 1.25 bits per heavy atom. The number of carbonyl (C=O) groups excluding carboxylic acids is 2. The molecule has 146 valence electrons. The van der Waals surface area contributed by atoms with Gasteiger partial charge in [-0.05, 0) is 25.7 Å². The van der Waals surface area contributed by atoms with E-state index in [2.05, 4.69) is 10.6 Å². The molecule has 0 aliphatic carbocycles. The highest BCUT2D eigenvalue weighted by Crippen LogP contribution is 2.05. The Morgan fingerprint density at radius 1 is 0.750 bits per heavy atom. The number of carbonyl (C=O) groups is 2. The van der Waals surface area contributed by atoms with Crippen LogP contribution < -0.4 is 10.6 Å². The minimum Gasteiger partial charge on any atom is -0.465 e. The van der Waals surface area contributed by atoms with Crippen LogP contribution in [0.25, 0.3) is 0 Å². The molecule has 0 amide bonds. The van der Waals surface area contributed by atoms with E-state index in [1.54, 1.807) is 13.8 Å². The van der Waals surface area contributed by atoms with Gasteiger partial charge >= 0.3 is 11.9 Å². The first-order chi connectivity index (χ1) is 10.3. The average Bonchev–Trinajstić information content (AvgIpc) is 2.42. The minimum absolute atomic E-state index is 0. The van der Waals surface area contributed by atoms with Crippen molar-refractivity contribution in [1.29, 1.82) is 0 Å². The summed E-state index contributed by atoms with van der Waals surface area (Å²) in [7, 11) is 0. The monoisotopic (exact) mass is 388 g/mol. The van der Waals surface area contributed by atoms with E-state index in [9.17, 15) is 9.59 Å². The molecule has 0 saturated carbocycles. The number of rotatable bonds is 11. The van der Waals surface area contributed by atoms with Gasteiger partial charge in [0.05, 0.1) is 13.2 Å². The second-order valence-corrected chi connectivity index (χ2v) is 5.86. The molecule has 0 aromatic heterocycles. The second-order valence-electron chi connectivity index (χ2n) is 5.86. The van der Waals surface area contributed by atoms with Crippen LogP contribution in [-0.2, 0) is 19.1 Å². The van der Waals surface area contributed by atoms with Crippen LogP contribution in [0.2, 0.25) is 0 Å². The van der Waals surface area contributed by atoms with Crippen molar-refractivity contribution >= 4 is 36.8 Å². The fraction of sp³-hybridized carbons (Fsp3) is 0.875. The standard InChI is InChI=1S/C16H32N2O4.2ClH/c1-7-21-15(19)13(11(3)4)17-9-10-18-14(12(5)6)16(20)22-8-2;;/h11-14,17-18H,7-10H2,1-6H3;2*1H. The highest BCUT2D eigenvalue weighted by molar-refractivity contribution is 5.85. The van der Waals surface area contributed by atoms with Crippen LogP contribution >= 0.6 is 24.8 Å². The van der Waals surface area contributed by atoms with Crippen LogP contribution in [0, 0.1) is 11.8 Å². The molecule has 0 spiro atoms. The van der Waals surface area contributed by atoms with Crippen LogP contribution in [0.15, 0.2) is 0 Å². The lowest BCUT2D eigenvalue weighted by atomic mass is 10.0. The van der Waals surface area contributed by atoms with E-state index in [1.165, 1.54) is 0 Å². The predicted molar refractivity (Wildman–Crippen MR) is 101 cm³/mol. The summed E-state index contributed by atoms with van der Waals surface area (Å²) in [6.45, 7) is 13.4. The van der Waals surface area contributed by atoms with Gasteiger partial charge in [-0.1, -0.05) is 27.7 Å². The smallest absolute Gasteiger partial charge is 0.323 e. The Kier molecular flexibility index (Phi) is 18.8. The Morgan fingerprint density at radius 2 is 1.04 bits per heavy atom. The van der Waals surface area contributed by atoms with Gasteiger partial charge in [-0.2, -0.15) is 0 Å². The number of halogens is 2. The molecule has 0 saturated heterocycles. The first-order valence-electron chi connectivity index (χ1n) is 8.15. The molecule has 2 unspecified atom stereocenters. The molecular formula is C16H34Cl2N2O4. The molecule has 8 heteroatoms. The van der Waals surface area contributed by atoms with Crippen LogP contribution in [0.4, 0.5) is 0 Å².